The highest BCUT2D eigenvalue weighted by atomic mass is 15.0. The molecule has 580 valence electrons. The van der Waals surface area contributed by atoms with Gasteiger partial charge in [0.1, 0.15) is 0 Å². The van der Waals surface area contributed by atoms with Crippen molar-refractivity contribution < 1.29 is 0 Å². The van der Waals surface area contributed by atoms with E-state index in [1.165, 1.54) is 237 Å². The Morgan fingerprint density at radius 2 is 0.385 bits per heavy atom. The average Bonchev–Trinajstić information content (AvgIpc) is 1.69. The summed E-state index contributed by atoms with van der Waals surface area (Å²) < 4.78 is 4.77. The van der Waals surface area contributed by atoms with Gasteiger partial charge in [-0.15, -0.1) is 0 Å². The molecule has 0 radical (unpaired) electrons. The van der Waals surface area contributed by atoms with Crippen molar-refractivity contribution in [3.63, 3.8) is 0 Å². The van der Waals surface area contributed by atoms with Gasteiger partial charge < -0.3 is 9.13 Å². The molecule has 0 aliphatic rings. The molecule has 0 atom stereocenters. The Balaban J connectivity index is 0.000000152. The molecule has 122 heavy (non-hydrogen) atoms. The van der Waals surface area contributed by atoms with Crippen LogP contribution in [0.4, 0.5) is 0 Å². The zero-order valence-corrected chi connectivity index (χ0v) is 69.7. The highest BCUT2D eigenvalue weighted by Crippen LogP contribution is 2.49. The molecule has 2 heterocycles. The number of rotatable bonds is 12. The summed E-state index contributed by atoms with van der Waals surface area (Å²) >= 11 is 0. The number of nitrogens with zero attached hydrogens (tertiary/aromatic N) is 2. The van der Waals surface area contributed by atoms with Crippen LogP contribution in [0.15, 0.2) is 419 Å². The lowest BCUT2D eigenvalue weighted by Crippen LogP contribution is -2.10. The maximum atomic E-state index is 2.40. The molecule has 0 bridgehead atoms. The molecular formula is C120H90N2. The first-order valence-electron chi connectivity index (χ1n) is 42.7. The van der Waals surface area contributed by atoms with Gasteiger partial charge in [0.25, 0.3) is 0 Å². The third kappa shape index (κ3) is 13.6. The largest absolute Gasteiger partial charge is 0.309 e. The van der Waals surface area contributed by atoms with E-state index in [2.05, 4.69) is 476 Å². The van der Waals surface area contributed by atoms with Gasteiger partial charge in [0.2, 0.25) is 0 Å². The van der Waals surface area contributed by atoms with Crippen LogP contribution < -0.4 is 0 Å². The van der Waals surface area contributed by atoms with Crippen LogP contribution in [0.25, 0.3) is 209 Å². The maximum absolute atomic E-state index is 2.40. The van der Waals surface area contributed by atoms with Gasteiger partial charge in [-0.2, -0.15) is 0 Å². The number of hydrogen-bond acceptors (Lipinski definition) is 0. The quantitative estimate of drug-likeness (QED) is 0.108. The fourth-order valence-electron chi connectivity index (χ4n) is 19.0. The number of para-hydroxylation sites is 3. The fourth-order valence-corrected chi connectivity index (χ4v) is 19.0. The highest BCUT2D eigenvalue weighted by Gasteiger charge is 2.24. The van der Waals surface area contributed by atoms with E-state index in [0.29, 0.717) is 0 Å². The number of benzene rings is 20. The van der Waals surface area contributed by atoms with E-state index in [1.54, 1.807) is 0 Å². The predicted molar refractivity (Wildman–Crippen MR) is 524 cm³/mol. The highest BCUT2D eigenvalue weighted by molar-refractivity contribution is 6.24. The fraction of sp³-hybridized carbons (Fsp3) is 0.0667. The first-order valence-corrected chi connectivity index (χ1v) is 42.7. The van der Waals surface area contributed by atoms with Crippen LogP contribution in [0.1, 0.15) is 48.6 Å². The standard InChI is InChI=1S/C64H45N.C56H45N/c1-42-18-37-57-59(39-42)63(51-31-27-48(28-32-51)46-21-19-45(20-22-46)44-11-5-3-6-12-44)56-36-17-43(2)40-60(56)64(57)52-33-29-49(30-34-52)47-23-25-50(26-24-47)53-35-38-62-58(41-53)55-15-9-10-16-61(55)65(62)54-13-7-4-8-14-54;1-36-17-29-47-50(32-36)54(41-12-8-6-9-13-41)46-28-16-37(2)33-51(46)55(47)42-24-22-39(23-25-42)38-18-20-40(21-19-38)43-26-30-52-48(34-43)49-35-44(56(3,4)5)27-31-53(49)57(52)45-14-10-7-11-15-45/h3-41H,1-2H3;6-35H,1-5H3. The van der Waals surface area contributed by atoms with Crippen molar-refractivity contribution in [2.24, 2.45) is 0 Å². The molecule has 20 aromatic carbocycles. The van der Waals surface area contributed by atoms with E-state index in [-0.39, 0.29) is 5.41 Å². The van der Waals surface area contributed by atoms with E-state index < -0.39 is 0 Å². The maximum Gasteiger partial charge on any atom is 0.0541 e. The first kappa shape index (κ1) is 74.6. The van der Waals surface area contributed by atoms with Crippen molar-refractivity contribution >= 4 is 86.7 Å². The minimum Gasteiger partial charge on any atom is -0.309 e. The van der Waals surface area contributed by atoms with Crippen LogP contribution >= 0.6 is 0 Å². The Labute approximate surface area is 713 Å². The topological polar surface area (TPSA) is 9.86 Å². The van der Waals surface area contributed by atoms with Gasteiger partial charge >= 0.3 is 0 Å². The van der Waals surface area contributed by atoms with Crippen molar-refractivity contribution in [3.05, 3.63) is 446 Å². The molecule has 22 aromatic rings. The zero-order chi connectivity index (χ0) is 82.3. The molecule has 0 spiro atoms. The second-order valence-corrected chi connectivity index (χ2v) is 34.2. The summed E-state index contributed by atoms with van der Waals surface area (Å²) in [5.41, 5.74) is 38.4. The Morgan fingerprint density at radius 1 is 0.156 bits per heavy atom. The minimum absolute atomic E-state index is 0.0632. The van der Waals surface area contributed by atoms with Gasteiger partial charge in [-0.3, -0.25) is 0 Å². The van der Waals surface area contributed by atoms with Crippen molar-refractivity contribution in [2.75, 3.05) is 0 Å². The van der Waals surface area contributed by atoms with Gasteiger partial charge in [-0.25, -0.2) is 0 Å². The molecule has 22 rings (SSSR count). The monoisotopic (exact) mass is 1560 g/mol. The molecular weight excluding hydrogens is 1470 g/mol. The van der Waals surface area contributed by atoms with Crippen molar-refractivity contribution in [2.45, 2.75) is 53.9 Å². The molecule has 0 saturated heterocycles. The molecule has 2 heteroatoms. The van der Waals surface area contributed by atoms with E-state index in [0.717, 1.165) is 0 Å². The Kier molecular flexibility index (Phi) is 18.8. The van der Waals surface area contributed by atoms with Gasteiger partial charge in [0.05, 0.1) is 22.1 Å². The van der Waals surface area contributed by atoms with Crippen molar-refractivity contribution in [3.8, 4) is 123 Å². The number of fused-ring (bicyclic) bond motifs is 10. The van der Waals surface area contributed by atoms with Gasteiger partial charge in [0.15, 0.2) is 0 Å². The summed E-state index contributed by atoms with van der Waals surface area (Å²) in [5.74, 6) is 0. The number of aryl methyl sites for hydroxylation is 4. The predicted octanol–water partition coefficient (Wildman–Crippen LogP) is 33.4. The molecule has 0 fully saturated rings. The van der Waals surface area contributed by atoms with Crippen LogP contribution in [0.2, 0.25) is 0 Å². The van der Waals surface area contributed by atoms with Crippen molar-refractivity contribution in [1.82, 2.24) is 9.13 Å². The van der Waals surface area contributed by atoms with E-state index in [1.807, 2.05) is 0 Å². The Morgan fingerprint density at radius 3 is 0.713 bits per heavy atom. The molecule has 0 aliphatic heterocycles. The molecule has 0 unspecified atom stereocenters. The van der Waals surface area contributed by atoms with Crippen LogP contribution in [0.5, 0.6) is 0 Å². The van der Waals surface area contributed by atoms with Crippen LogP contribution in [-0.4, -0.2) is 9.13 Å². The third-order valence-electron chi connectivity index (χ3n) is 25.2. The van der Waals surface area contributed by atoms with Crippen LogP contribution in [-0.2, 0) is 5.41 Å². The lowest BCUT2D eigenvalue weighted by atomic mass is 9.84. The first-order chi connectivity index (χ1) is 59.7. The van der Waals surface area contributed by atoms with Gasteiger partial charge in [-0.05, 0) is 260 Å². The summed E-state index contributed by atoms with van der Waals surface area (Å²) in [6.45, 7) is 15.7. The second-order valence-electron chi connectivity index (χ2n) is 34.2. The van der Waals surface area contributed by atoms with Crippen LogP contribution in [0, 0.1) is 27.7 Å². The molecule has 2 aromatic heterocycles. The zero-order valence-electron chi connectivity index (χ0n) is 69.7. The normalized spacial score (nSPS) is 11.7. The lowest BCUT2D eigenvalue weighted by Gasteiger charge is -2.19. The van der Waals surface area contributed by atoms with Crippen LogP contribution in [0.3, 0.4) is 0 Å². The summed E-state index contributed by atoms with van der Waals surface area (Å²) in [5, 5.41) is 15.4. The molecule has 0 saturated carbocycles. The molecule has 2 nitrogen and oxygen atoms in total. The Hall–Kier alpha value is -15.0. The summed E-state index contributed by atoms with van der Waals surface area (Å²) in [7, 11) is 0. The summed E-state index contributed by atoms with van der Waals surface area (Å²) in [4.78, 5) is 0. The number of hydrogen-bond donors (Lipinski definition) is 0. The van der Waals surface area contributed by atoms with Gasteiger partial charge in [-0.1, -0.05) is 395 Å². The molecule has 0 aliphatic carbocycles. The van der Waals surface area contributed by atoms with E-state index in [9.17, 15) is 0 Å². The number of aromatic nitrogens is 2. The van der Waals surface area contributed by atoms with E-state index in [4.69, 9.17) is 0 Å². The second kappa shape index (κ2) is 30.8. The molecule has 0 N–H and O–H groups in total. The lowest BCUT2D eigenvalue weighted by molar-refractivity contribution is 0.591. The SMILES string of the molecule is Cc1ccc2c(-c3ccc(-c4ccc(-c5ccc6c(c5)c5cc(C(C)(C)C)ccc5n6-c5ccccc5)cc4)cc3)c3cc(C)ccc3c(-c3ccccc3)c2c1.Cc1ccc2c(-c3ccc(-c4ccc(-c5ccc6c(c5)c5ccccc5n6-c5ccccc5)cc4)cc3)c3cc(C)ccc3c(-c3ccc(-c4ccc(-c5ccccc5)cc4)cc3)c2c1. The third-order valence-corrected chi connectivity index (χ3v) is 25.2. The smallest absolute Gasteiger partial charge is 0.0541 e. The average molecular weight is 1560 g/mol. The van der Waals surface area contributed by atoms with Gasteiger partial charge in [0, 0.05) is 32.9 Å². The molecule has 0 amide bonds. The minimum atomic E-state index is 0.0632. The van der Waals surface area contributed by atoms with E-state index >= 15 is 0 Å². The summed E-state index contributed by atoms with van der Waals surface area (Å²) in [6, 6.07) is 155. The van der Waals surface area contributed by atoms with Crippen molar-refractivity contribution in [1.29, 1.82) is 0 Å². The summed E-state index contributed by atoms with van der Waals surface area (Å²) in [6.07, 6.45) is 0. The Bertz CT molecular complexity index is 7760.